The van der Waals surface area contributed by atoms with Crippen molar-refractivity contribution in [1.82, 2.24) is 4.98 Å². The molecule has 5 nitrogen and oxygen atoms in total. The van der Waals surface area contributed by atoms with Gasteiger partial charge in [-0.1, -0.05) is 6.07 Å². The van der Waals surface area contributed by atoms with Crippen LogP contribution in [0.4, 0.5) is 11.4 Å². The summed E-state index contributed by atoms with van der Waals surface area (Å²) in [6.45, 7) is 3.93. The molecule has 0 aliphatic carbocycles. The number of nitrogens with one attached hydrogen (secondary N) is 1. The maximum absolute atomic E-state index is 12.1. The molecule has 0 bridgehead atoms. The Morgan fingerprint density at radius 1 is 1.20 bits per heavy atom. The van der Waals surface area contributed by atoms with E-state index in [0.717, 1.165) is 22.5 Å². The van der Waals surface area contributed by atoms with Crippen LogP contribution in [-0.4, -0.2) is 17.5 Å². The molecule has 3 rings (SSSR count). The first-order valence-corrected chi connectivity index (χ1v) is 8.75. The molecule has 0 fully saturated rings. The molecule has 0 spiro atoms. The lowest BCUT2D eigenvalue weighted by atomic mass is 10.1. The van der Waals surface area contributed by atoms with Crippen LogP contribution in [0.5, 0.6) is 5.75 Å². The maximum atomic E-state index is 12.1. The minimum absolute atomic E-state index is 0.104. The molecule has 3 aromatic rings. The second-order valence-electron chi connectivity index (χ2n) is 5.76. The zero-order valence-corrected chi connectivity index (χ0v) is 14.9. The number of hydrogen-bond donors (Lipinski definition) is 2. The number of nitrogen functional groups attached to an aromatic ring is 1. The third kappa shape index (κ3) is 4.16. The van der Waals surface area contributed by atoms with Gasteiger partial charge in [0.1, 0.15) is 5.75 Å². The van der Waals surface area contributed by atoms with E-state index in [1.807, 2.05) is 43.5 Å². The number of amides is 1. The molecule has 1 aromatic heterocycles. The van der Waals surface area contributed by atoms with Crippen molar-refractivity contribution in [3.05, 3.63) is 58.4 Å². The fourth-order valence-corrected chi connectivity index (χ4v) is 2.91. The Hall–Kier alpha value is -2.86. The predicted molar refractivity (Wildman–Crippen MR) is 102 cm³/mol. The predicted octanol–water partition coefficient (Wildman–Crippen LogP) is 4.03. The molecule has 0 saturated heterocycles. The molecule has 6 heteroatoms. The highest BCUT2D eigenvalue weighted by atomic mass is 32.1. The monoisotopic (exact) mass is 353 g/mol. The minimum atomic E-state index is -0.230. The fraction of sp³-hybridized carbons (Fsp3) is 0.158. The van der Waals surface area contributed by atoms with E-state index < -0.39 is 0 Å². The Balaban J connectivity index is 1.61. The van der Waals surface area contributed by atoms with Gasteiger partial charge in [-0.3, -0.25) is 4.79 Å². The minimum Gasteiger partial charge on any atom is -0.482 e. The number of aromatic nitrogens is 1. The van der Waals surface area contributed by atoms with E-state index in [0.29, 0.717) is 11.4 Å². The number of hydrogen-bond acceptors (Lipinski definition) is 5. The summed E-state index contributed by atoms with van der Waals surface area (Å²) in [7, 11) is 0. The Morgan fingerprint density at radius 3 is 2.72 bits per heavy atom. The lowest BCUT2D eigenvalue weighted by Crippen LogP contribution is -2.20. The highest BCUT2D eigenvalue weighted by molar-refractivity contribution is 7.07. The van der Waals surface area contributed by atoms with Crippen LogP contribution in [0.3, 0.4) is 0 Å². The van der Waals surface area contributed by atoms with Crippen molar-refractivity contribution in [3.63, 3.8) is 0 Å². The van der Waals surface area contributed by atoms with Crippen LogP contribution < -0.4 is 15.8 Å². The lowest BCUT2D eigenvalue weighted by molar-refractivity contribution is -0.118. The normalized spacial score (nSPS) is 10.5. The van der Waals surface area contributed by atoms with Crippen LogP contribution >= 0.6 is 11.3 Å². The van der Waals surface area contributed by atoms with Crippen molar-refractivity contribution in [2.45, 2.75) is 13.8 Å². The van der Waals surface area contributed by atoms with Crippen molar-refractivity contribution in [2.24, 2.45) is 0 Å². The first-order chi connectivity index (χ1) is 12.0. The van der Waals surface area contributed by atoms with Crippen LogP contribution in [-0.2, 0) is 4.79 Å². The molecule has 2 aromatic carbocycles. The number of carbonyl (C=O) groups excluding carboxylic acids is 1. The summed E-state index contributed by atoms with van der Waals surface area (Å²) in [6, 6.07) is 11.2. The topological polar surface area (TPSA) is 77.2 Å². The van der Waals surface area contributed by atoms with Gasteiger partial charge in [0.25, 0.3) is 5.91 Å². The SMILES string of the molecule is Cc1ccc(NC(=O)COc2ccc(-c3cscn3)cc2N)cc1C. The summed E-state index contributed by atoms with van der Waals surface area (Å²) in [4.78, 5) is 16.3. The molecule has 128 valence electrons. The van der Waals surface area contributed by atoms with E-state index in [9.17, 15) is 4.79 Å². The van der Waals surface area contributed by atoms with E-state index >= 15 is 0 Å². The van der Waals surface area contributed by atoms with Crippen LogP contribution in [0.1, 0.15) is 11.1 Å². The molecule has 1 amide bonds. The highest BCUT2D eigenvalue weighted by Gasteiger charge is 2.08. The molecule has 0 aliphatic rings. The fourth-order valence-electron chi connectivity index (χ4n) is 2.35. The van der Waals surface area contributed by atoms with Crippen LogP contribution in [0.15, 0.2) is 47.3 Å². The van der Waals surface area contributed by atoms with Crippen molar-refractivity contribution >= 4 is 28.6 Å². The first-order valence-electron chi connectivity index (χ1n) is 7.81. The van der Waals surface area contributed by atoms with Crippen molar-refractivity contribution < 1.29 is 9.53 Å². The highest BCUT2D eigenvalue weighted by Crippen LogP contribution is 2.28. The van der Waals surface area contributed by atoms with Gasteiger partial charge in [0.15, 0.2) is 6.61 Å². The van der Waals surface area contributed by atoms with Gasteiger partial charge in [0, 0.05) is 16.6 Å². The maximum Gasteiger partial charge on any atom is 0.262 e. The Bertz CT molecular complexity index is 892. The average Bonchev–Trinajstić information content (AvgIpc) is 3.11. The average molecular weight is 353 g/mol. The second-order valence-corrected chi connectivity index (χ2v) is 6.48. The largest absolute Gasteiger partial charge is 0.482 e. The molecular weight excluding hydrogens is 334 g/mol. The number of thiazole rings is 1. The Labute approximate surface area is 150 Å². The molecule has 0 atom stereocenters. The summed E-state index contributed by atoms with van der Waals surface area (Å²) in [5, 5.41) is 4.77. The molecular formula is C19H19N3O2S. The van der Waals surface area contributed by atoms with Crippen molar-refractivity contribution in [3.8, 4) is 17.0 Å². The van der Waals surface area contributed by atoms with Crippen LogP contribution in [0, 0.1) is 13.8 Å². The first kappa shape index (κ1) is 17.0. The number of nitrogens with zero attached hydrogens (tertiary/aromatic N) is 1. The van der Waals surface area contributed by atoms with Gasteiger partial charge in [-0.25, -0.2) is 4.98 Å². The Kier molecular flexibility index (Phi) is 5.00. The van der Waals surface area contributed by atoms with Gasteiger partial charge in [-0.05, 0) is 55.3 Å². The number of aryl methyl sites for hydroxylation is 2. The summed E-state index contributed by atoms with van der Waals surface area (Å²) >= 11 is 1.53. The van der Waals surface area contributed by atoms with Gasteiger partial charge < -0.3 is 15.8 Å². The summed E-state index contributed by atoms with van der Waals surface area (Å²) in [5.74, 6) is 0.250. The lowest BCUT2D eigenvalue weighted by Gasteiger charge is -2.11. The van der Waals surface area contributed by atoms with E-state index in [1.165, 1.54) is 16.9 Å². The number of carbonyl (C=O) groups is 1. The molecule has 1 heterocycles. The van der Waals surface area contributed by atoms with E-state index in [4.69, 9.17) is 10.5 Å². The van der Waals surface area contributed by atoms with Gasteiger partial charge in [-0.15, -0.1) is 11.3 Å². The van der Waals surface area contributed by atoms with Gasteiger partial charge in [0.2, 0.25) is 0 Å². The number of nitrogens with two attached hydrogens (primary N) is 1. The van der Waals surface area contributed by atoms with Gasteiger partial charge in [0.05, 0.1) is 16.9 Å². The molecule has 0 aliphatic heterocycles. The molecule has 3 N–H and O–H groups in total. The zero-order valence-electron chi connectivity index (χ0n) is 14.1. The van der Waals surface area contributed by atoms with Crippen LogP contribution in [0.2, 0.25) is 0 Å². The van der Waals surface area contributed by atoms with Crippen molar-refractivity contribution in [1.29, 1.82) is 0 Å². The second kappa shape index (κ2) is 7.36. The van der Waals surface area contributed by atoms with Crippen LogP contribution in [0.25, 0.3) is 11.3 Å². The third-order valence-electron chi connectivity index (χ3n) is 3.89. The molecule has 0 unspecified atom stereocenters. The number of rotatable bonds is 5. The van der Waals surface area contributed by atoms with E-state index in [-0.39, 0.29) is 12.5 Å². The standard InChI is InChI=1S/C19H19N3O2S/c1-12-3-5-15(7-13(12)2)22-19(23)9-24-18-6-4-14(8-16(18)20)17-10-25-11-21-17/h3-8,10-11H,9,20H2,1-2H3,(H,22,23). The van der Waals surface area contributed by atoms with Gasteiger partial charge in [-0.2, -0.15) is 0 Å². The molecule has 0 saturated carbocycles. The zero-order chi connectivity index (χ0) is 17.8. The number of anilines is 2. The van der Waals surface area contributed by atoms with Crippen molar-refractivity contribution in [2.75, 3.05) is 17.7 Å². The molecule has 25 heavy (non-hydrogen) atoms. The summed E-state index contributed by atoms with van der Waals surface area (Å²) in [5.41, 5.74) is 13.1. The Morgan fingerprint density at radius 2 is 2.04 bits per heavy atom. The summed E-state index contributed by atoms with van der Waals surface area (Å²) in [6.07, 6.45) is 0. The van der Waals surface area contributed by atoms with E-state index in [2.05, 4.69) is 10.3 Å². The smallest absolute Gasteiger partial charge is 0.262 e. The third-order valence-corrected chi connectivity index (χ3v) is 4.47. The molecule has 0 radical (unpaired) electrons. The number of ether oxygens (including phenoxy) is 1. The van der Waals surface area contributed by atoms with Gasteiger partial charge >= 0.3 is 0 Å². The quantitative estimate of drug-likeness (QED) is 0.679. The number of benzene rings is 2. The summed E-state index contributed by atoms with van der Waals surface area (Å²) < 4.78 is 5.54. The van der Waals surface area contributed by atoms with E-state index in [1.54, 1.807) is 17.6 Å².